The summed E-state index contributed by atoms with van der Waals surface area (Å²) in [6.45, 7) is 11.0. The molecule has 8 nitrogen and oxygen atoms in total. The largest absolute Gasteiger partial charge is 0.347 e. The highest BCUT2D eigenvalue weighted by molar-refractivity contribution is 6.13. The molecule has 0 bridgehead atoms. The quantitative estimate of drug-likeness (QED) is 0.227. The molecule has 1 atom stereocenters. The molecule has 0 saturated carbocycles. The standard InChI is InChI=1S/C39H42N6O2/c1-6-43-24-37(26(3)41-43)45(32-14-8-7-9-15-32)39(47)33-21-36(42(5)27(33)4)34-19-29-16-17-40-22-31(29)20-35(34)38(46)44-23-30-13-11-10-12-28(30)18-25(44)2/h7-15,19-21,24-25,40H,6,16-18,22-23H2,1-5H3/t25-/m1/s1. The molecule has 0 unspecified atom stereocenters. The molecule has 0 aliphatic carbocycles. The van der Waals surface area contributed by atoms with Crippen LogP contribution in [0.25, 0.3) is 11.3 Å². The molecule has 2 aliphatic heterocycles. The number of nitrogens with one attached hydrogen (secondary N) is 1. The van der Waals surface area contributed by atoms with Crippen LogP contribution in [0.3, 0.4) is 0 Å². The molecule has 1 N–H and O–H groups in total. The second kappa shape index (κ2) is 12.3. The number of anilines is 2. The SMILES string of the molecule is CCn1cc(N(C(=O)c2cc(-c3cc4c(cc3C(=O)N3Cc5ccccc5C[C@H]3C)CNCC4)n(C)c2C)c2ccccc2)c(C)n1. The molecule has 47 heavy (non-hydrogen) atoms. The van der Waals surface area contributed by atoms with Crippen LogP contribution in [0.2, 0.25) is 0 Å². The second-order valence-corrected chi connectivity index (χ2v) is 12.9. The minimum absolute atomic E-state index is 0.0237. The lowest BCUT2D eigenvalue weighted by molar-refractivity contribution is 0.0658. The Morgan fingerprint density at radius 3 is 2.43 bits per heavy atom. The number of para-hydroxylation sites is 1. The molecule has 2 aromatic heterocycles. The third-order valence-corrected chi connectivity index (χ3v) is 9.97. The van der Waals surface area contributed by atoms with Crippen molar-refractivity contribution in [2.75, 3.05) is 11.4 Å². The van der Waals surface area contributed by atoms with Crippen molar-refractivity contribution >= 4 is 23.2 Å². The van der Waals surface area contributed by atoms with Gasteiger partial charge >= 0.3 is 0 Å². The van der Waals surface area contributed by atoms with Crippen molar-refractivity contribution in [1.82, 2.24) is 24.6 Å². The maximum absolute atomic E-state index is 14.7. The first-order chi connectivity index (χ1) is 22.7. The molecule has 0 radical (unpaired) electrons. The Labute approximate surface area is 276 Å². The van der Waals surface area contributed by atoms with E-state index < -0.39 is 0 Å². The Morgan fingerprint density at radius 2 is 1.68 bits per heavy atom. The summed E-state index contributed by atoms with van der Waals surface area (Å²) in [7, 11) is 1.99. The van der Waals surface area contributed by atoms with Gasteiger partial charge in [0.2, 0.25) is 0 Å². The van der Waals surface area contributed by atoms with Gasteiger partial charge in [0.25, 0.3) is 11.8 Å². The van der Waals surface area contributed by atoms with E-state index in [-0.39, 0.29) is 17.9 Å². The number of aromatic nitrogens is 3. The van der Waals surface area contributed by atoms with Crippen LogP contribution < -0.4 is 10.2 Å². The molecule has 0 saturated heterocycles. The smallest absolute Gasteiger partial charge is 0.264 e. The normalized spacial score (nSPS) is 15.7. The van der Waals surface area contributed by atoms with Crippen LogP contribution in [-0.2, 0) is 39.5 Å². The van der Waals surface area contributed by atoms with Crippen molar-refractivity contribution in [3.8, 4) is 11.3 Å². The molecule has 0 spiro atoms. The van der Waals surface area contributed by atoms with E-state index in [1.165, 1.54) is 16.7 Å². The van der Waals surface area contributed by atoms with Gasteiger partial charge in [0, 0.05) is 67.1 Å². The van der Waals surface area contributed by atoms with Crippen molar-refractivity contribution in [2.24, 2.45) is 7.05 Å². The number of hydrogen-bond acceptors (Lipinski definition) is 4. The first-order valence-corrected chi connectivity index (χ1v) is 16.6. The fourth-order valence-electron chi connectivity index (χ4n) is 7.15. The lowest BCUT2D eigenvalue weighted by Gasteiger charge is -2.35. The van der Waals surface area contributed by atoms with Gasteiger partial charge in [-0.1, -0.05) is 42.5 Å². The van der Waals surface area contributed by atoms with E-state index in [1.807, 2.05) is 86.1 Å². The Balaban J connectivity index is 1.34. The maximum Gasteiger partial charge on any atom is 0.264 e. The lowest BCUT2D eigenvalue weighted by Crippen LogP contribution is -2.43. The second-order valence-electron chi connectivity index (χ2n) is 12.9. The zero-order valence-corrected chi connectivity index (χ0v) is 27.9. The van der Waals surface area contributed by atoms with Gasteiger partial charge in [-0.2, -0.15) is 5.10 Å². The number of benzene rings is 3. The maximum atomic E-state index is 14.7. The van der Waals surface area contributed by atoms with Crippen molar-refractivity contribution in [2.45, 2.75) is 66.2 Å². The summed E-state index contributed by atoms with van der Waals surface area (Å²) in [4.78, 5) is 33.0. The molecule has 2 amide bonds. The van der Waals surface area contributed by atoms with E-state index >= 15 is 0 Å². The number of nitrogens with zero attached hydrogens (tertiary/aromatic N) is 5. The highest BCUT2D eigenvalue weighted by Gasteiger charge is 2.32. The highest BCUT2D eigenvalue weighted by atomic mass is 16.2. The van der Waals surface area contributed by atoms with Gasteiger partial charge in [0.05, 0.1) is 16.9 Å². The van der Waals surface area contributed by atoms with Gasteiger partial charge in [0.1, 0.15) is 0 Å². The predicted molar refractivity (Wildman–Crippen MR) is 186 cm³/mol. The summed E-state index contributed by atoms with van der Waals surface area (Å²) < 4.78 is 3.92. The summed E-state index contributed by atoms with van der Waals surface area (Å²) >= 11 is 0. The van der Waals surface area contributed by atoms with E-state index in [0.29, 0.717) is 24.2 Å². The van der Waals surface area contributed by atoms with E-state index in [0.717, 1.165) is 65.5 Å². The predicted octanol–water partition coefficient (Wildman–Crippen LogP) is 6.74. The van der Waals surface area contributed by atoms with Gasteiger partial charge in [-0.25, -0.2) is 0 Å². The van der Waals surface area contributed by atoms with Gasteiger partial charge in [0.15, 0.2) is 0 Å². The van der Waals surface area contributed by atoms with Crippen LogP contribution in [0.15, 0.2) is 79.0 Å². The van der Waals surface area contributed by atoms with Gasteiger partial charge in [-0.05, 0) is 99.7 Å². The van der Waals surface area contributed by atoms with E-state index in [4.69, 9.17) is 0 Å². The zero-order chi connectivity index (χ0) is 32.8. The molecule has 2 aliphatic rings. The Kier molecular flexibility index (Phi) is 8.06. The number of carbonyl (C=O) groups excluding carboxylic acids is 2. The first kappa shape index (κ1) is 30.7. The average molecular weight is 627 g/mol. The highest BCUT2D eigenvalue weighted by Crippen LogP contribution is 2.36. The summed E-state index contributed by atoms with van der Waals surface area (Å²) in [6, 6.07) is 24.5. The van der Waals surface area contributed by atoms with Crippen LogP contribution in [0.4, 0.5) is 11.4 Å². The fourth-order valence-corrected chi connectivity index (χ4v) is 7.15. The number of amides is 2. The van der Waals surface area contributed by atoms with Crippen LogP contribution in [0.5, 0.6) is 0 Å². The molecular weight excluding hydrogens is 584 g/mol. The van der Waals surface area contributed by atoms with Gasteiger partial charge < -0.3 is 14.8 Å². The number of hydrogen-bond donors (Lipinski definition) is 1. The van der Waals surface area contributed by atoms with E-state index in [9.17, 15) is 9.59 Å². The van der Waals surface area contributed by atoms with Crippen molar-refractivity contribution in [1.29, 1.82) is 0 Å². The van der Waals surface area contributed by atoms with Crippen molar-refractivity contribution in [3.05, 3.63) is 124 Å². The number of rotatable bonds is 6. The summed E-state index contributed by atoms with van der Waals surface area (Å²) in [5, 5.41) is 8.13. The molecule has 8 heteroatoms. The van der Waals surface area contributed by atoms with Crippen molar-refractivity contribution in [3.63, 3.8) is 0 Å². The topological polar surface area (TPSA) is 75.4 Å². The third kappa shape index (κ3) is 5.46. The zero-order valence-electron chi connectivity index (χ0n) is 27.9. The van der Waals surface area contributed by atoms with Gasteiger partial charge in [-0.3, -0.25) is 19.2 Å². The molecule has 5 aromatic rings. The summed E-state index contributed by atoms with van der Waals surface area (Å²) in [5.74, 6) is -0.110. The fraction of sp³-hybridized carbons (Fsp3) is 0.308. The van der Waals surface area contributed by atoms with Gasteiger partial charge in [-0.15, -0.1) is 0 Å². The van der Waals surface area contributed by atoms with Crippen LogP contribution in [0.1, 0.15) is 68.2 Å². The van der Waals surface area contributed by atoms with Crippen LogP contribution in [0, 0.1) is 13.8 Å². The molecule has 240 valence electrons. The number of fused-ring (bicyclic) bond motifs is 2. The first-order valence-electron chi connectivity index (χ1n) is 16.6. The Hall–Kier alpha value is -4.95. The van der Waals surface area contributed by atoms with E-state index in [2.05, 4.69) is 52.2 Å². The summed E-state index contributed by atoms with van der Waals surface area (Å²) in [5.41, 5.74) is 11.1. The molecule has 0 fully saturated rings. The minimum atomic E-state index is -0.134. The monoisotopic (exact) mass is 626 g/mol. The Bertz CT molecular complexity index is 1990. The van der Waals surface area contributed by atoms with Crippen LogP contribution in [-0.4, -0.2) is 43.6 Å². The molecule has 7 rings (SSSR count). The summed E-state index contributed by atoms with van der Waals surface area (Å²) in [6.07, 6.45) is 3.66. The minimum Gasteiger partial charge on any atom is -0.347 e. The average Bonchev–Trinajstić information content (AvgIpc) is 3.61. The van der Waals surface area contributed by atoms with Crippen LogP contribution >= 0.6 is 0 Å². The third-order valence-electron chi connectivity index (χ3n) is 9.97. The number of carbonyl (C=O) groups is 2. The molecule has 4 heterocycles. The number of aryl methyl sites for hydroxylation is 2. The molecule has 3 aromatic carbocycles. The lowest BCUT2D eigenvalue weighted by atomic mass is 9.90. The molecular formula is C39H42N6O2. The van der Waals surface area contributed by atoms with Crippen molar-refractivity contribution < 1.29 is 9.59 Å². The Morgan fingerprint density at radius 1 is 0.936 bits per heavy atom. The van der Waals surface area contributed by atoms with E-state index in [1.54, 1.807) is 4.90 Å².